The highest BCUT2D eigenvalue weighted by Crippen LogP contribution is 2.50. The van der Waals surface area contributed by atoms with Gasteiger partial charge in [-0.05, 0) is 43.6 Å². The molecule has 23 heavy (non-hydrogen) atoms. The molecule has 2 bridgehead atoms. The Morgan fingerprint density at radius 1 is 1.48 bits per heavy atom. The molecule has 0 spiro atoms. The Hall–Kier alpha value is -2.21. The predicted octanol–water partition coefficient (Wildman–Crippen LogP) is 1.20. The first kappa shape index (κ1) is 14.4. The smallest absolute Gasteiger partial charge is 0.256 e. The fourth-order valence-corrected chi connectivity index (χ4v) is 4.19. The van der Waals surface area contributed by atoms with E-state index in [9.17, 15) is 14.7 Å². The Kier molecular flexibility index (Phi) is 3.23. The Morgan fingerprint density at radius 3 is 3.09 bits per heavy atom. The Bertz CT molecular complexity index is 831. The summed E-state index contributed by atoms with van der Waals surface area (Å²) < 4.78 is 0. The van der Waals surface area contributed by atoms with Gasteiger partial charge >= 0.3 is 0 Å². The maximum atomic E-state index is 12.4. The molecular weight excluding hydrogens is 294 g/mol. The number of H-pyrrole nitrogens is 1. The van der Waals surface area contributed by atoms with Gasteiger partial charge in [0.1, 0.15) is 5.56 Å². The molecule has 0 saturated heterocycles. The van der Waals surface area contributed by atoms with Gasteiger partial charge in [0.15, 0.2) is 0 Å². The van der Waals surface area contributed by atoms with Crippen molar-refractivity contribution in [2.45, 2.75) is 31.3 Å². The van der Waals surface area contributed by atoms with E-state index in [4.69, 9.17) is 0 Å². The highest BCUT2D eigenvalue weighted by Gasteiger charge is 2.49. The molecule has 0 aliphatic heterocycles. The second kappa shape index (κ2) is 5.16. The summed E-state index contributed by atoms with van der Waals surface area (Å²) in [5, 5.41) is 13.8. The third-order valence-electron chi connectivity index (χ3n) is 5.43. The van der Waals surface area contributed by atoms with Crippen LogP contribution in [0.1, 0.15) is 36.0 Å². The molecule has 3 atom stereocenters. The van der Waals surface area contributed by atoms with Gasteiger partial charge in [-0.1, -0.05) is 0 Å². The van der Waals surface area contributed by atoms with E-state index in [1.54, 1.807) is 12.3 Å². The minimum absolute atomic E-state index is 0.0530. The minimum atomic E-state index is -0.816. The van der Waals surface area contributed by atoms with Crippen LogP contribution < -0.4 is 10.7 Å². The molecule has 2 heterocycles. The van der Waals surface area contributed by atoms with Crippen molar-refractivity contribution in [2.24, 2.45) is 11.8 Å². The predicted molar refractivity (Wildman–Crippen MR) is 85.1 cm³/mol. The number of nitrogens with zero attached hydrogens (tertiary/aromatic N) is 1. The van der Waals surface area contributed by atoms with Crippen molar-refractivity contribution in [2.75, 3.05) is 6.54 Å². The van der Waals surface area contributed by atoms with E-state index < -0.39 is 11.5 Å². The lowest BCUT2D eigenvalue weighted by Gasteiger charge is -2.32. The molecule has 2 aliphatic rings. The molecule has 3 N–H and O–H groups in total. The van der Waals surface area contributed by atoms with Gasteiger partial charge in [0.05, 0.1) is 16.5 Å². The van der Waals surface area contributed by atoms with Gasteiger partial charge in [-0.25, -0.2) is 0 Å². The molecule has 2 aliphatic carbocycles. The molecule has 0 unspecified atom stereocenters. The summed E-state index contributed by atoms with van der Waals surface area (Å²) in [6.07, 6.45) is 8.46. The summed E-state index contributed by atoms with van der Waals surface area (Å²) in [6.45, 7) is 0.206. The molecular formula is C17H19N3O3. The number of aromatic amines is 1. The third kappa shape index (κ3) is 2.34. The lowest BCUT2D eigenvalue weighted by Crippen LogP contribution is -2.47. The van der Waals surface area contributed by atoms with Gasteiger partial charge in [-0.3, -0.25) is 14.6 Å². The monoisotopic (exact) mass is 313 g/mol. The number of hydrogen-bond donors (Lipinski definition) is 3. The zero-order valence-corrected chi connectivity index (χ0v) is 12.7. The molecule has 2 fully saturated rings. The van der Waals surface area contributed by atoms with Crippen LogP contribution in [-0.4, -0.2) is 33.1 Å². The van der Waals surface area contributed by atoms with Gasteiger partial charge in [0.25, 0.3) is 5.91 Å². The standard InChI is InChI=1S/C17H19N3O3/c21-15-12-7-18-4-3-14(12)19-8-13(15)16(22)20-9-17(23)6-10-1-2-11(17)5-10/h3-4,7-8,10-11,23H,1-2,5-6,9H2,(H,19,21)(H,20,22)/t10-,11+,17-/m1/s1. The minimum Gasteiger partial charge on any atom is -0.388 e. The Morgan fingerprint density at radius 2 is 2.35 bits per heavy atom. The molecule has 0 aromatic carbocycles. The maximum Gasteiger partial charge on any atom is 0.256 e. The fraction of sp³-hybridized carbons (Fsp3) is 0.471. The van der Waals surface area contributed by atoms with E-state index in [-0.39, 0.29) is 23.5 Å². The quantitative estimate of drug-likeness (QED) is 0.793. The fourth-order valence-electron chi connectivity index (χ4n) is 4.19. The van der Waals surface area contributed by atoms with Gasteiger partial charge in [-0.15, -0.1) is 0 Å². The third-order valence-corrected chi connectivity index (χ3v) is 5.43. The number of pyridine rings is 2. The highest BCUT2D eigenvalue weighted by molar-refractivity contribution is 5.96. The van der Waals surface area contributed by atoms with Crippen LogP contribution in [-0.2, 0) is 0 Å². The molecule has 1 amide bonds. The van der Waals surface area contributed by atoms with Gasteiger partial charge in [0, 0.05) is 25.1 Å². The number of carbonyl (C=O) groups is 1. The number of amides is 1. The number of hydrogen-bond acceptors (Lipinski definition) is 4. The van der Waals surface area contributed by atoms with Crippen molar-refractivity contribution >= 4 is 16.8 Å². The summed E-state index contributed by atoms with van der Waals surface area (Å²) in [7, 11) is 0. The first-order valence-electron chi connectivity index (χ1n) is 8.03. The molecule has 2 saturated carbocycles. The van der Waals surface area contributed by atoms with Crippen LogP contribution in [0.2, 0.25) is 0 Å². The SMILES string of the molecule is O=C(NC[C@]1(O)C[C@@H]2CC[C@H]1C2)c1c[nH]c2ccncc2c1=O. The number of aliphatic hydroxyl groups is 1. The average Bonchev–Trinajstić information content (AvgIpc) is 3.14. The highest BCUT2D eigenvalue weighted by atomic mass is 16.3. The van der Waals surface area contributed by atoms with Crippen molar-refractivity contribution < 1.29 is 9.90 Å². The topological polar surface area (TPSA) is 95.1 Å². The van der Waals surface area contributed by atoms with E-state index >= 15 is 0 Å². The molecule has 2 aromatic heterocycles. The second-order valence-electron chi connectivity index (χ2n) is 6.82. The van der Waals surface area contributed by atoms with E-state index in [0.29, 0.717) is 16.8 Å². The normalized spacial score (nSPS) is 29.1. The molecule has 6 heteroatoms. The number of fused-ring (bicyclic) bond motifs is 3. The van der Waals surface area contributed by atoms with Crippen molar-refractivity contribution in [1.82, 2.24) is 15.3 Å². The second-order valence-corrected chi connectivity index (χ2v) is 6.82. The van der Waals surface area contributed by atoms with Crippen LogP contribution in [0.5, 0.6) is 0 Å². The van der Waals surface area contributed by atoms with Gasteiger partial charge in [-0.2, -0.15) is 0 Å². The van der Waals surface area contributed by atoms with Crippen molar-refractivity contribution in [3.05, 3.63) is 40.4 Å². The summed E-state index contributed by atoms with van der Waals surface area (Å²) >= 11 is 0. The van der Waals surface area contributed by atoms with Crippen molar-refractivity contribution in [3.8, 4) is 0 Å². The zero-order valence-electron chi connectivity index (χ0n) is 12.7. The molecule has 6 nitrogen and oxygen atoms in total. The van der Waals surface area contributed by atoms with Crippen LogP contribution in [0.3, 0.4) is 0 Å². The summed E-state index contributed by atoms with van der Waals surface area (Å²) in [5.41, 5.74) is -0.459. The number of nitrogens with one attached hydrogen (secondary N) is 2. The lowest BCUT2D eigenvalue weighted by atomic mass is 9.84. The summed E-state index contributed by atoms with van der Waals surface area (Å²) in [4.78, 5) is 31.6. The Balaban J connectivity index is 1.54. The van der Waals surface area contributed by atoms with Gasteiger partial charge < -0.3 is 15.4 Å². The molecule has 0 radical (unpaired) electrons. The largest absolute Gasteiger partial charge is 0.388 e. The van der Waals surface area contributed by atoms with Crippen LogP contribution in [0.15, 0.2) is 29.5 Å². The number of carbonyl (C=O) groups excluding carboxylic acids is 1. The summed E-state index contributed by atoms with van der Waals surface area (Å²) in [5.74, 6) is 0.400. The van der Waals surface area contributed by atoms with E-state index in [2.05, 4.69) is 15.3 Å². The maximum absolute atomic E-state index is 12.4. The van der Waals surface area contributed by atoms with Crippen molar-refractivity contribution in [1.29, 1.82) is 0 Å². The van der Waals surface area contributed by atoms with E-state index in [1.165, 1.54) is 18.8 Å². The van der Waals surface area contributed by atoms with Crippen LogP contribution in [0.25, 0.3) is 10.9 Å². The molecule has 4 rings (SSSR count). The van der Waals surface area contributed by atoms with Crippen LogP contribution >= 0.6 is 0 Å². The Labute approximate surface area is 132 Å². The zero-order chi connectivity index (χ0) is 16.0. The average molecular weight is 313 g/mol. The van der Waals surface area contributed by atoms with E-state index in [1.807, 2.05) is 0 Å². The number of aromatic nitrogens is 2. The van der Waals surface area contributed by atoms with Crippen LogP contribution in [0, 0.1) is 11.8 Å². The first-order chi connectivity index (χ1) is 11.1. The van der Waals surface area contributed by atoms with Crippen molar-refractivity contribution in [3.63, 3.8) is 0 Å². The van der Waals surface area contributed by atoms with E-state index in [0.717, 1.165) is 19.3 Å². The first-order valence-corrected chi connectivity index (χ1v) is 8.03. The summed E-state index contributed by atoms with van der Waals surface area (Å²) in [6, 6.07) is 1.69. The van der Waals surface area contributed by atoms with Crippen LogP contribution in [0.4, 0.5) is 0 Å². The van der Waals surface area contributed by atoms with Gasteiger partial charge in [0.2, 0.25) is 5.43 Å². The lowest BCUT2D eigenvalue weighted by molar-refractivity contribution is -0.0109. The number of rotatable bonds is 3. The molecule has 2 aromatic rings. The molecule has 120 valence electrons.